The van der Waals surface area contributed by atoms with Crippen molar-refractivity contribution in [1.29, 1.82) is 0 Å². The number of Topliss-reactive ketones (excluding diaryl/α,β-unsaturated/α-hetero) is 1. The summed E-state index contributed by atoms with van der Waals surface area (Å²) in [5.74, 6) is -0.701. The molecule has 2 aromatic rings. The molecule has 0 amide bonds. The highest BCUT2D eigenvalue weighted by molar-refractivity contribution is 6.02. The van der Waals surface area contributed by atoms with Gasteiger partial charge in [-0.25, -0.2) is 0 Å². The minimum absolute atomic E-state index is 0.0166. The molecule has 0 radical (unpaired) electrons. The van der Waals surface area contributed by atoms with E-state index in [2.05, 4.69) is 0 Å². The van der Waals surface area contributed by atoms with Gasteiger partial charge in [-0.15, -0.1) is 0 Å². The van der Waals surface area contributed by atoms with Gasteiger partial charge in [-0.05, 0) is 17.7 Å². The highest BCUT2D eigenvalue weighted by Crippen LogP contribution is 2.43. The maximum absolute atomic E-state index is 12.7. The summed E-state index contributed by atoms with van der Waals surface area (Å²) in [5, 5.41) is 59.5. The van der Waals surface area contributed by atoms with Crippen LogP contribution in [-0.4, -0.2) is 80.8 Å². The van der Waals surface area contributed by atoms with Gasteiger partial charge in [-0.3, -0.25) is 4.79 Å². The van der Waals surface area contributed by atoms with Gasteiger partial charge in [-0.1, -0.05) is 6.07 Å². The van der Waals surface area contributed by atoms with Gasteiger partial charge < -0.3 is 49.6 Å². The molecular formula is C22H24O11. The number of ketones is 1. The first-order valence-electron chi connectivity index (χ1n) is 10.1. The number of carbonyl (C=O) groups excluding carboxylic acids is 1. The Bertz CT molecular complexity index is 1040. The minimum Gasteiger partial charge on any atom is -0.507 e. The summed E-state index contributed by atoms with van der Waals surface area (Å²) in [5.41, 5.74) is 0.515. The summed E-state index contributed by atoms with van der Waals surface area (Å²) in [4.78, 5) is 12.7. The van der Waals surface area contributed by atoms with Crippen LogP contribution in [0, 0.1) is 0 Å². The Morgan fingerprint density at radius 1 is 1.03 bits per heavy atom. The highest BCUT2D eigenvalue weighted by atomic mass is 16.7. The fraction of sp³-hybridized carbons (Fsp3) is 0.409. The zero-order chi connectivity index (χ0) is 23.9. The second-order valence-electron chi connectivity index (χ2n) is 7.80. The molecule has 2 aromatic carbocycles. The molecule has 178 valence electrons. The van der Waals surface area contributed by atoms with E-state index in [4.69, 9.17) is 18.9 Å². The van der Waals surface area contributed by atoms with Crippen molar-refractivity contribution >= 4 is 5.78 Å². The molecule has 1 fully saturated rings. The number of aromatic hydroxyl groups is 2. The molecule has 2 heterocycles. The Labute approximate surface area is 188 Å². The van der Waals surface area contributed by atoms with Gasteiger partial charge in [0.2, 0.25) is 6.29 Å². The lowest BCUT2D eigenvalue weighted by molar-refractivity contribution is -0.277. The Balaban J connectivity index is 1.60. The fourth-order valence-electron chi connectivity index (χ4n) is 3.86. The number of phenolic OH excluding ortho intramolecular Hbond substituents is 2. The monoisotopic (exact) mass is 464 g/mol. The van der Waals surface area contributed by atoms with Crippen LogP contribution in [0.15, 0.2) is 30.3 Å². The zero-order valence-electron chi connectivity index (χ0n) is 17.5. The molecule has 0 spiro atoms. The lowest BCUT2D eigenvalue weighted by atomic mass is 9.95. The van der Waals surface area contributed by atoms with Crippen molar-refractivity contribution in [3.8, 4) is 28.7 Å². The van der Waals surface area contributed by atoms with E-state index in [9.17, 15) is 35.4 Å². The van der Waals surface area contributed by atoms with Crippen LogP contribution in [0.3, 0.4) is 0 Å². The summed E-state index contributed by atoms with van der Waals surface area (Å²) >= 11 is 0. The number of hydrogen-bond donors (Lipinski definition) is 6. The van der Waals surface area contributed by atoms with Gasteiger partial charge in [0, 0.05) is 12.1 Å². The number of rotatable bonds is 5. The molecule has 0 bridgehead atoms. The third kappa shape index (κ3) is 4.28. The van der Waals surface area contributed by atoms with Crippen LogP contribution in [0.1, 0.15) is 28.4 Å². The number of aliphatic hydroxyl groups is 4. The number of carbonyl (C=O) groups is 1. The maximum atomic E-state index is 12.7. The van der Waals surface area contributed by atoms with Crippen molar-refractivity contribution in [2.75, 3.05) is 13.7 Å². The van der Waals surface area contributed by atoms with Crippen molar-refractivity contribution in [3.05, 3.63) is 41.5 Å². The first-order chi connectivity index (χ1) is 15.7. The van der Waals surface area contributed by atoms with E-state index in [1.165, 1.54) is 25.3 Å². The quantitative estimate of drug-likeness (QED) is 0.351. The fourth-order valence-corrected chi connectivity index (χ4v) is 3.86. The lowest BCUT2D eigenvalue weighted by Gasteiger charge is -2.39. The lowest BCUT2D eigenvalue weighted by Crippen LogP contribution is -2.60. The molecule has 33 heavy (non-hydrogen) atoms. The van der Waals surface area contributed by atoms with Crippen molar-refractivity contribution in [1.82, 2.24) is 0 Å². The summed E-state index contributed by atoms with van der Waals surface area (Å²) in [7, 11) is 1.39. The molecule has 6 atom stereocenters. The Kier molecular flexibility index (Phi) is 6.32. The second-order valence-corrected chi connectivity index (χ2v) is 7.80. The molecule has 2 aliphatic rings. The van der Waals surface area contributed by atoms with Crippen LogP contribution in [0.2, 0.25) is 0 Å². The van der Waals surface area contributed by atoms with Crippen molar-refractivity contribution in [2.45, 2.75) is 43.2 Å². The van der Waals surface area contributed by atoms with E-state index in [0.717, 1.165) is 6.07 Å². The number of benzene rings is 2. The molecule has 11 nitrogen and oxygen atoms in total. The summed E-state index contributed by atoms with van der Waals surface area (Å²) in [6.45, 7) is -0.629. The molecule has 0 aliphatic carbocycles. The average Bonchev–Trinajstić information content (AvgIpc) is 2.79. The van der Waals surface area contributed by atoms with Gasteiger partial charge >= 0.3 is 0 Å². The number of fused-ring (bicyclic) bond motifs is 1. The van der Waals surface area contributed by atoms with Crippen LogP contribution in [-0.2, 0) is 4.74 Å². The van der Waals surface area contributed by atoms with Crippen LogP contribution < -0.4 is 14.2 Å². The topological polar surface area (TPSA) is 175 Å². The van der Waals surface area contributed by atoms with Gasteiger partial charge in [0.1, 0.15) is 53.3 Å². The van der Waals surface area contributed by atoms with E-state index in [1.807, 2.05) is 0 Å². The second kappa shape index (κ2) is 9.04. The molecule has 11 heteroatoms. The molecular weight excluding hydrogens is 440 g/mol. The predicted molar refractivity (Wildman–Crippen MR) is 109 cm³/mol. The molecule has 0 saturated carbocycles. The summed E-state index contributed by atoms with van der Waals surface area (Å²) in [6.07, 6.45) is -8.30. The standard InChI is InChI=1S/C22H24O11/c1-30-15-4-9(2-3-11(15)24)14-7-13(26)18-12(25)5-10(6-16(18)32-14)31-22-21(29)20(28)19(27)17(8-23)33-22/h2-6,14,17,19-25,27-29H,7-8H2,1H3/t14-,17+,19+,20-,21+,22-/m0/s1. The van der Waals surface area contributed by atoms with Crippen molar-refractivity contribution < 1.29 is 54.4 Å². The number of ether oxygens (including phenoxy) is 4. The van der Waals surface area contributed by atoms with Crippen molar-refractivity contribution in [2.24, 2.45) is 0 Å². The number of hydrogen-bond acceptors (Lipinski definition) is 11. The Hall–Kier alpha value is -3.09. The smallest absolute Gasteiger partial charge is 0.229 e. The van der Waals surface area contributed by atoms with Gasteiger partial charge in [-0.2, -0.15) is 0 Å². The number of aliphatic hydroxyl groups excluding tert-OH is 4. The van der Waals surface area contributed by atoms with E-state index < -0.39 is 49.2 Å². The average molecular weight is 464 g/mol. The maximum Gasteiger partial charge on any atom is 0.229 e. The SMILES string of the molecule is COc1cc([C@@H]2CC(=O)c3c(O)cc(O[C@H]4O[C@H](CO)[C@@H](O)[C@H](O)[C@H]4O)cc3O2)ccc1O. The van der Waals surface area contributed by atoms with Gasteiger partial charge in [0.25, 0.3) is 0 Å². The molecule has 1 saturated heterocycles. The first kappa shape index (κ1) is 23.1. The first-order valence-corrected chi connectivity index (χ1v) is 10.1. The zero-order valence-corrected chi connectivity index (χ0v) is 17.5. The largest absolute Gasteiger partial charge is 0.507 e. The molecule has 6 N–H and O–H groups in total. The molecule has 4 rings (SSSR count). The highest BCUT2D eigenvalue weighted by Gasteiger charge is 2.45. The number of methoxy groups -OCH3 is 1. The van der Waals surface area contributed by atoms with Gasteiger partial charge in [0.15, 0.2) is 17.3 Å². The summed E-state index contributed by atoms with van der Waals surface area (Å²) < 4.78 is 21.9. The van der Waals surface area contributed by atoms with Crippen LogP contribution in [0.5, 0.6) is 28.7 Å². The molecule has 0 unspecified atom stereocenters. The Morgan fingerprint density at radius 3 is 2.48 bits per heavy atom. The van der Waals surface area contributed by atoms with E-state index >= 15 is 0 Å². The minimum atomic E-state index is -1.65. The van der Waals surface area contributed by atoms with Crippen LogP contribution in [0.25, 0.3) is 0 Å². The third-order valence-corrected chi connectivity index (χ3v) is 5.65. The third-order valence-electron chi connectivity index (χ3n) is 5.65. The summed E-state index contributed by atoms with van der Waals surface area (Å²) in [6, 6.07) is 6.97. The van der Waals surface area contributed by atoms with Gasteiger partial charge in [0.05, 0.1) is 20.1 Å². The Morgan fingerprint density at radius 2 is 1.79 bits per heavy atom. The van der Waals surface area contributed by atoms with Crippen molar-refractivity contribution in [3.63, 3.8) is 0 Å². The van der Waals surface area contributed by atoms with Crippen LogP contribution >= 0.6 is 0 Å². The van der Waals surface area contributed by atoms with E-state index in [-0.39, 0.29) is 40.8 Å². The number of phenols is 2. The molecule has 2 aliphatic heterocycles. The van der Waals surface area contributed by atoms with Crippen LogP contribution in [0.4, 0.5) is 0 Å². The predicted octanol–water partition coefficient (Wildman–Crippen LogP) is -0.00840. The van der Waals surface area contributed by atoms with E-state index in [1.54, 1.807) is 6.07 Å². The van der Waals surface area contributed by atoms with E-state index in [0.29, 0.717) is 5.56 Å². The molecule has 0 aromatic heterocycles. The normalized spacial score (nSPS) is 29.2.